The van der Waals surface area contributed by atoms with Crippen LogP contribution in [0.25, 0.3) is 0 Å². The van der Waals surface area contributed by atoms with Gasteiger partial charge in [-0.3, -0.25) is 0 Å². The highest BCUT2D eigenvalue weighted by Crippen LogP contribution is 2.23. The molecule has 0 bridgehead atoms. The van der Waals surface area contributed by atoms with Crippen LogP contribution in [0.4, 0.5) is 10.1 Å². The molecule has 0 saturated carbocycles. The summed E-state index contributed by atoms with van der Waals surface area (Å²) in [5.41, 5.74) is 2.04. The maximum Gasteiger partial charge on any atom is 0.149 e. The molecule has 0 aliphatic rings. The quantitative estimate of drug-likeness (QED) is 0.820. The van der Waals surface area contributed by atoms with E-state index in [0.717, 1.165) is 10.0 Å². The van der Waals surface area contributed by atoms with Crippen LogP contribution in [-0.4, -0.2) is 0 Å². The molecule has 2 aromatic rings. The Labute approximate surface area is 119 Å². The molecule has 0 aromatic heterocycles. The molecule has 18 heavy (non-hydrogen) atoms. The monoisotopic (exact) mass is 327 g/mol. The normalized spacial score (nSPS) is 10.4. The molecule has 0 amide bonds. The van der Waals surface area contributed by atoms with Gasteiger partial charge in [0, 0.05) is 16.0 Å². The maximum absolute atomic E-state index is 13.8. The van der Waals surface area contributed by atoms with E-state index in [-0.39, 0.29) is 5.82 Å². The van der Waals surface area contributed by atoms with E-state index >= 15 is 0 Å². The predicted octanol–water partition coefficient (Wildman–Crippen LogP) is 5.16. The summed E-state index contributed by atoms with van der Waals surface area (Å²) in [4.78, 5) is 0. The van der Waals surface area contributed by atoms with E-state index in [9.17, 15) is 4.39 Å². The SMILES string of the molecule is Cc1cccc(NCc2cc(Br)ccc2Cl)c1F. The van der Waals surface area contributed by atoms with Crippen molar-refractivity contribution in [3.8, 4) is 0 Å². The van der Waals surface area contributed by atoms with Crippen LogP contribution in [0.15, 0.2) is 40.9 Å². The molecule has 2 aromatic carbocycles. The highest BCUT2D eigenvalue weighted by atomic mass is 79.9. The highest BCUT2D eigenvalue weighted by Gasteiger charge is 2.06. The van der Waals surface area contributed by atoms with E-state index in [1.165, 1.54) is 0 Å². The zero-order valence-electron chi connectivity index (χ0n) is 9.81. The predicted molar refractivity (Wildman–Crippen MR) is 77.6 cm³/mol. The molecule has 0 aliphatic heterocycles. The summed E-state index contributed by atoms with van der Waals surface area (Å²) in [7, 11) is 0. The van der Waals surface area contributed by atoms with E-state index in [0.29, 0.717) is 22.8 Å². The Hall–Kier alpha value is -1.06. The van der Waals surface area contributed by atoms with Crippen molar-refractivity contribution < 1.29 is 4.39 Å². The fraction of sp³-hybridized carbons (Fsp3) is 0.143. The Bertz CT molecular complexity index is 570. The molecule has 1 N–H and O–H groups in total. The summed E-state index contributed by atoms with van der Waals surface area (Å²) in [6, 6.07) is 10.9. The van der Waals surface area contributed by atoms with E-state index < -0.39 is 0 Å². The van der Waals surface area contributed by atoms with Crippen LogP contribution in [-0.2, 0) is 6.54 Å². The second-order valence-corrected chi connectivity index (χ2v) is 5.35. The average Bonchev–Trinajstić information content (AvgIpc) is 2.35. The van der Waals surface area contributed by atoms with Crippen LogP contribution in [0.5, 0.6) is 0 Å². The van der Waals surface area contributed by atoms with Crippen molar-refractivity contribution in [3.63, 3.8) is 0 Å². The zero-order chi connectivity index (χ0) is 13.1. The van der Waals surface area contributed by atoms with Crippen molar-refractivity contribution in [1.29, 1.82) is 0 Å². The molecule has 0 unspecified atom stereocenters. The molecule has 2 rings (SSSR count). The molecular formula is C14H12BrClFN. The van der Waals surface area contributed by atoms with Crippen molar-refractivity contribution in [2.45, 2.75) is 13.5 Å². The summed E-state index contributed by atoms with van der Waals surface area (Å²) in [5, 5.41) is 3.72. The van der Waals surface area contributed by atoms with E-state index in [4.69, 9.17) is 11.6 Å². The first-order valence-corrected chi connectivity index (χ1v) is 6.68. The Morgan fingerprint density at radius 1 is 1.28 bits per heavy atom. The van der Waals surface area contributed by atoms with Gasteiger partial charge in [0.1, 0.15) is 5.82 Å². The average molecular weight is 329 g/mol. The van der Waals surface area contributed by atoms with Gasteiger partial charge in [-0.1, -0.05) is 39.7 Å². The van der Waals surface area contributed by atoms with Crippen LogP contribution < -0.4 is 5.32 Å². The lowest BCUT2D eigenvalue weighted by Crippen LogP contribution is -2.02. The minimum Gasteiger partial charge on any atom is -0.379 e. The molecule has 0 radical (unpaired) electrons. The summed E-state index contributed by atoms with van der Waals surface area (Å²) in [5.74, 6) is -0.219. The number of hydrogen-bond acceptors (Lipinski definition) is 1. The highest BCUT2D eigenvalue weighted by molar-refractivity contribution is 9.10. The Morgan fingerprint density at radius 2 is 2.06 bits per heavy atom. The summed E-state index contributed by atoms with van der Waals surface area (Å²) >= 11 is 9.47. The Balaban J connectivity index is 2.16. The number of rotatable bonds is 3. The first-order valence-electron chi connectivity index (χ1n) is 5.51. The third-order valence-corrected chi connectivity index (χ3v) is 3.53. The molecule has 0 spiro atoms. The van der Waals surface area contributed by atoms with Gasteiger partial charge in [0.25, 0.3) is 0 Å². The molecule has 0 aliphatic carbocycles. The molecule has 0 atom stereocenters. The van der Waals surface area contributed by atoms with Gasteiger partial charge < -0.3 is 5.32 Å². The number of nitrogens with one attached hydrogen (secondary N) is 1. The van der Waals surface area contributed by atoms with Gasteiger partial charge in [-0.25, -0.2) is 4.39 Å². The number of anilines is 1. The minimum absolute atomic E-state index is 0.219. The molecular weight excluding hydrogens is 317 g/mol. The van der Waals surface area contributed by atoms with Crippen molar-refractivity contribution in [2.24, 2.45) is 0 Å². The lowest BCUT2D eigenvalue weighted by molar-refractivity contribution is 0.621. The molecule has 94 valence electrons. The number of halogens is 3. The van der Waals surface area contributed by atoms with E-state index in [1.807, 2.05) is 24.3 Å². The molecule has 0 heterocycles. The smallest absolute Gasteiger partial charge is 0.149 e. The fourth-order valence-corrected chi connectivity index (χ4v) is 2.25. The maximum atomic E-state index is 13.8. The number of aryl methyl sites for hydroxylation is 1. The molecule has 0 fully saturated rings. The van der Waals surface area contributed by atoms with Crippen molar-refractivity contribution in [3.05, 3.63) is 62.8 Å². The molecule has 1 nitrogen and oxygen atoms in total. The van der Waals surface area contributed by atoms with Gasteiger partial charge in [0.05, 0.1) is 5.69 Å². The van der Waals surface area contributed by atoms with Crippen LogP contribution >= 0.6 is 27.5 Å². The minimum atomic E-state index is -0.219. The van der Waals surface area contributed by atoms with Crippen molar-refractivity contribution >= 4 is 33.2 Å². The summed E-state index contributed by atoms with van der Waals surface area (Å²) < 4.78 is 14.7. The Morgan fingerprint density at radius 3 is 2.83 bits per heavy atom. The third-order valence-electron chi connectivity index (χ3n) is 2.67. The summed E-state index contributed by atoms with van der Waals surface area (Å²) in [6.07, 6.45) is 0. The number of hydrogen-bond donors (Lipinski definition) is 1. The molecule has 4 heteroatoms. The zero-order valence-corrected chi connectivity index (χ0v) is 12.1. The largest absolute Gasteiger partial charge is 0.379 e. The van der Waals surface area contributed by atoms with E-state index in [1.54, 1.807) is 19.1 Å². The van der Waals surface area contributed by atoms with Crippen LogP contribution in [0, 0.1) is 12.7 Å². The van der Waals surface area contributed by atoms with Crippen LogP contribution in [0.2, 0.25) is 5.02 Å². The van der Waals surface area contributed by atoms with Gasteiger partial charge in [-0.15, -0.1) is 0 Å². The van der Waals surface area contributed by atoms with Gasteiger partial charge in [0.15, 0.2) is 0 Å². The van der Waals surface area contributed by atoms with Crippen LogP contribution in [0.3, 0.4) is 0 Å². The third kappa shape index (κ3) is 3.03. The second-order valence-electron chi connectivity index (χ2n) is 4.03. The van der Waals surface area contributed by atoms with Crippen molar-refractivity contribution in [1.82, 2.24) is 0 Å². The van der Waals surface area contributed by atoms with Gasteiger partial charge in [-0.05, 0) is 42.3 Å². The number of benzene rings is 2. The van der Waals surface area contributed by atoms with Crippen LogP contribution in [0.1, 0.15) is 11.1 Å². The van der Waals surface area contributed by atoms with Gasteiger partial charge in [0.2, 0.25) is 0 Å². The van der Waals surface area contributed by atoms with E-state index in [2.05, 4.69) is 21.2 Å². The first-order chi connectivity index (χ1) is 8.58. The topological polar surface area (TPSA) is 12.0 Å². The first kappa shape index (κ1) is 13.4. The summed E-state index contributed by atoms with van der Waals surface area (Å²) in [6.45, 7) is 2.23. The molecule has 0 saturated heterocycles. The fourth-order valence-electron chi connectivity index (χ4n) is 1.65. The van der Waals surface area contributed by atoms with Gasteiger partial charge in [-0.2, -0.15) is 0 Å². The van der Waals surface area contributed by atoms with Crippen molar-refractivity contribution in [2.75, 3.05) is 5.32 Å². The standard InChI is InChI=1S/C14H12BrClFN/c1-9-3-2-4-13(14(9)17)18-8-10-7-11(15)5-6-12(10)16/h2-7,18H,8H2,1H3. The lowest BCUT2D eigenvalue weighted by Gasteiger charge is -2.10. The second kappa shape index (κ2) is 5.72. The Kier molecular flexibility index (Phi) is 4.25. The lowest BCUT2D eigenvalue weighted by atomic mass is 10.2. The van der Waals surface area contributed by atoms with Gasteiger partial charge >= 0.3 is 0 Å².